The first-order chi connectivity index (χ1) is 8.86. The van der Waals surface area contributed by atoms with Crippen LogP contribution in [0.15, 0.2) is 0 Å². The van der Waals surface area contributed by atoms with Gasteiger partial charge in [-0.3, -0.25) is 0 Å². The van der Waals surface area contributed by atoms with Gasteiger partial charge in [-0.1, -0.05) is 51.9 Å². The molecule has 0 N–H and O–H groups in total. The van der Waals surface area contributed by atoms with E-state index in [1.807, 2.05) is 0 Å². The van der Waals surface area contributed by atoms with Crippen LogP contribution in [-0.4, -0.2) is 0 Å². The van der Waals surface area contributed by atoms with Crippen molar-refractivity contribution in [1.29, 1.82) is 0 Å². The molecule has 0 amide bonds. The molecule has 0 saturated heterocycles. The van der Waals surface area contributed by atoms with Crippen LogP contribution in [0.2, 0.25) is 0 Å². The van der Waals surface area contributed by atoms with Gasteiger partial charge in [-0.05, 0) is 61.7 Å². The number of rotatable bonds is 2. The Labute approximate surface area is 114 Å². The van der Waals surface area contributed by atoms with E-state index in [4.69, 9.17) is 0 Å². The van der Waals surface area contributed by atoms with Crippen molar-refractivity contribution in [2.24, 2.45) is 29.6 Å². The molecule has 0 heterocycles. The standard InChI is InChI=1S/C18H32/c1-2-14-8-9-16-10-11-17(13-18(16)12-14)15-6-4-3-5-7-15/h14-18H,2-13H2,1H3. The van der Waals surface area contributed by atoms with Crippen LogP contribution in [0, 0.1) is 29.6 Å². The predicted octanol–water partition coefficient (Wildman–Crippen LogP) is 5.81. The summed E-state index contributed by atoms with van der Waals surface area (Å²) in [5.74, 6) is 5.59. The lowest BCUT2D eigenvalue weighted by Crippen LogP contribution is -2.34. The quantitative estimate of drug-likeness (QED) is 0.578. The van der Waals surface area contributed by atoms with Crippen LogP contribution in [0.5, 0.6) is 0 Å². The molecule has 0 nitrogen and oxygen atoms in total. The van der Waals surface area contributed by atoms with Gasteiger partial charge in [-0.2, -0.15) is 0 Å². The van der Waals surface area contributed by atoms with E-state index in [1.165, 1.54) is 25.7 Å². The molecule has 104 valence electrons. The van der Waals surface area contributed by atoms with Crippen LogP contribution in [0.25, 0.3) is 0 Å². The van der Waals surface area contributed by atoms with Crippen molar-refractivity contribution in [3.63, 3.8) is 0 Å². The number of hydrogen-bond donors (Lipinski definition) is 0. The van der Waals surface area contributed by atoms with Crippen LogP contribution in [0.3, 0.4) is 0 Å². The summed E-state index contributed by atoms with van der Waals surface area (Å²) in [5.41, 5.74) is 0. The van der Waals surface area contributed by atoms with Crippen LogP contribution in [0.1, 0.15) is 84.0 Å². The van der Waals surface area contributed by atoms with Gasteiger partial charge in [0.15, 0.2) is 0 Å². The molecule has 0 heteroatoms. The Bertz CT molecular complexity index is 251. The van der Waals surface area contributed by atoms with E-state index in [9.17, 15) is 0 Å². The van der Waals surface area contributed by atoms with Gasteiger partial charge in [-0.25, -0.2) is 0 Å². The monoisotopic (exact) mass is 248 g/mol. The maximum Gasteiger partial charge on any atom is -0.0380 e. The highest BCUT2D eigenvalue weighted by atomic mass is 14.4. The molecule has 0 aromatic rings. The third-order valence-electron chi connectivity index (χ3n) is 6.66. The van der Waals surface area contributed by atoms with E-state index >= 15 is 0 Å². The van der Waals surface area contributed by atoms with Gasteiger partial charge < -0.3 is 0 Å². The van der Waals surface area contributed by atoms with Crippen LogP contribution < -0.4 is 0 Å². The second kappa shape index (κ2) is 5.97. The Hall–Kier alpha value is 0. The van der Waals surface area contributed by atoms with Gasteiger partial charge in [-0.15, -0.1) is 0 Å². The zero-order valence-electron chi connectivity index (χ0n) is 12.4. The predicted molar refractivity (Wildman–Crippen MR) is 78.5 cm³/mol. The topological polar surface area (TPSA) is 0 Å². The molecular weight excluding hydrogens is 216 g/mol. The van der Waals surface area contributed by atoms with E-state index in [-0.39, 0.29) is 0 Å². The first-order valence-electron chi connectivity index (χ1n) is 8.86. The smallest absolute Gasteiger partial charge is 0.0380 e. The minimum Gasteiger partial charge on any atom is -0.0651 e. The van der Waals surface area contributed by atoms with Gasteiger partial charge in [0.25, 0.3) is 0 Å². The molecule has 3 rings (SSSR count). The third kappa shape index (κ3) is 2.78. The summed E-state index contributed by atoms with van der Waals surface area (Å²) >= 11 is 0. The summed E-state index contributed by atoms with van der Waals surface area (Å²) in [5, 5.41) is 0. The minimum absolute atomic E-state index is 1.08. The molecule has 4 unspecified atom stereocenters. The first kappa shape index (κ1) is 13.0. The average molecular weight is 248 g/mol. The number of fused-ring (bicyclic) bond motifs is 1. The van der Waals surface area contributed by atoms with E-state index in [0.29, 0.717) is 0 Å². The summed E-state index contributed by atoms with van der Waals surface area (Å²) in [4.78, 5) is 0. The Balaban J connectivity index is 1.56. The molecule has 18 heavy (non-hydrogen) atoms. The van der Waals surface area contributed by atoms with E-state index in [1.54, 1.807) is 51.4 Å². The van der Waals surface area contributed by atoms with Gasteiger partial charge >= 0.3 is 0 Å². The van der Waals surface area contributed by atoms with Gasteiger partial charge in [0, 0.05) is 0 Å². The van der Waals surface area contributed by atoms with E-state index in [0.717, 1.165) is 29.6 Å². The summed E-state index contributed by atoms with van der Waals surface area (Å²) < 4.78 is 0. The van der Waals surface area contributed by atoms with Gasteiger partial charge in [0.1, 0.15) is 0 Å². The summed E-state index contributed by atoms with van der Waals surface area (Å²) in [6.07, 6.45) is 18.7. The highest BCUT2D eigenvalue weighted by Crippen LogP contribution is 2.48. The largest absolute Gasteiger partial charge is 0.0651 e. The lowest BCUT2D eigenvalue weighted by molar-refractivity contribution is 0.0641. The maximum atomic E-state index is 2.41. The van der Waals surface area contributed by atoms with Crippen molar-refractivity contribution in [2.45, 2.75) is 84.0 Å². The van der Waals surface area contributed by atoms with Crippen molar-refractivity contribution < 1.29 is 0 Å². The second-order valence-corrected chi connectivity index (χ2v) is 7.58. The van der Waals surface area contributed by atoms with Crippen molar-refractivity contribution in [3.05, 3.63) is 0 Å². The summed E-state index contributed by atoms with van der Waals surface area (Å²) in [7, 11) is 0. The first-order valence-corrected chi connectivity index (χ1v) is 8.86. The Kier molecular flexibility index (Phi) is 4.31. The van der Waals surface area contributed by atoms with Gasteiger partial charge in [0.05, 0.1) is 0 Å². The molecule has 3 aliphatic rings. The lowest BCUT2D eigenvalue weighted by atomic mass is 9.61. The molecule has 0 radical (unpaired) electrons. The average Bonchev–Trinajstić information content (AvgIpc) is 2.47. The Morgan fingerprint density at radius 1 is 0.611 bits per heavy atom. The second-order valence-electron chi connectivity index (χ2n) is 7.58. The maximum absolute atomic E-state index is 2.41. The van der Waals surface area contributed by atoms with Gasteiger partial charge in [0.2, 0.25) is 0 Å². The Morgan fingerprint density at radius 3 is 2.06 bits per heavy atom. The van der Waals surface area contributed by atoms with Crippen LogP contribution in [-0.2, 0) is 0 Å². The Morgan fingerprint density at radius 2 is 1.28 bits per heavy atom. The molecule has 4 atom stereocenters. The fourth-order valence-corrected chi connectivity index (χ4v) is 5.43. The lowest BCUT2D eigenvalue weighted by Gasteiger charge is -2.45. The zero-order chi connectivity index (χ0) is 12.4. The third-order valence-corrected chi connectivity index (χ3v) is 6.66. The normalized spacial score (nSPS) is 42.5. The molecule has 3 saturated carbocycles. The molecular formula is C18H32. The molecule has 0 spiro atoms. The fourth-order valence-electron chi connectivity index (χ4n) is 5.43. The molecule has 0 aliphatic heterocycles. The van der Waals surface area contributed by atoms with Crippen molar-refractivity contribution >= 4 is 0 Å². The molecule has 3 fully saturated rings. The van der Waals surface area contributed by atoms with E-state index in [2.05, 4.69) is 6.92 Å². The molecule has 0 aromatic heterocycles. The van der Waals surface area contributed by atoms with Crippen molar-refractivity contribution in [2.75, 3.05) is 0 Å². The molecule has 0 bridgehead atoms. The highest BCUT2D eigenvalue weighted by Gasteiger charge is 2.37. The summed E-state index contributed by atoms with van der Waals surface area (Å²) in [6, 6.07) is 0. The van der Waals surface area contributed by atoms with Crippen molar-refractivity contribution in [3.8, 4) is 0 Å². The number of hydrogen-bond acceptors (Lipinski definition) is 0. The minimum atomic E-state index is 1.08. The summed E-state index contributed by atoms with van der Waals surface area (Å²) in [6.45, 7) is 2.41. The van der Waals surface area contributed by atoms with Crippen LogP contribution in [0.4, 0.5) is 0 Å². The SMILES string of the molecule is CCC1CCC2CCC(C3CCCCC3)CC2C1. The van der Waals surface area contributed by atoms with E-state index < -0.39 is 0 Å². The highest BCUT2D eigenvalue weighted by molar-refractivity contribution is 4.88. The molecule has 3 aliphatic carbocycles. The fraction of sp³-hybridized carbons (Fsp3) is 1.00. The zero-order valence-corrected chi connectivity index (χ0v) is 12.4. The van der Waals surface area contributed by atoms with Crippen molar-refractivity contribution in [1.82, 2.24) is 0 Å². The van der Waals surface area contributed by atoms with Crippen LogP contribution >= 0.6 is 0 Å². The molecule has 0 aromatic carbocycles.